The Hall–Kier alpha value is -1.34. The summed E-state index contributed by atoms with van der Waals surface area (Å²) in [5, 5.41) is 11.6. The van der Waals surface area contributed by atoms with E-state index in [4.69, 9.17) is 11.6 Å². The fourth-order valence-electron chi connectivity index (χ4n) is 3.77. The van der Waals surface area contributed by atoms with Crippen LogP contribution >= 0.6 is 23.4 Å². The maximum atomic E-state index is 10.6. The van der Waals surface area contributed by atoms with Crippen LogP contribution in [-0.2, 0) is 6.54 Å². The molecule has 1 unspecified atom stereocenters. The van der Waals surface area contributed by atoms with Crippen molar-refractivity contribution in [2.24, 2.45) is 0 Å². The number of aromatic nitrogens is 2. The number of aliphatic hydroxyl groups excluding tert-OH is 1. The van der Waals surface area contributed by atoms with Crippen molar-refractivity contribution in [1.82, 2.24) is 14.9 Å². The zero-order valence-electron chi connectivity index (χ0n) is 14.1. The molecule has 2 atom stereocenters. The summed E-state index contributed by atoms with van der Waals surface area (Å²) in [6.45, 7) is 3.71. The van der Waals surface area contributed by atoms with Gasteiger partial charge in [-0.15, -0.1) is 0 Å². The van der Waals surface area contributed by atoms with E-state index in [9.17, 15) is 5.11 Å². The van der Waals surface area contributed by atoms with Gasteiger partial charge in [0.25, 0.3) is 0 Å². The fraction of sp³-hybridized carbons (Fsp3) is 0.444. The third-order valence-corrected chi connectivity index (χ3v) is 5.79. The van der Waals surface area contributed by atoms with Gasteiger partial charge in [-0.25, -0.2) is 9.97 Å². The van der Waals surface area contributed by atoms with Gasteiger partial charge in [-0.05, 0) is 18.2 Å². The second kappa shape index (κ2) is 7.11. The number of fused-ring (bicyclic) bond motifs is 3. The Morgan fingerprint density at radius 1 is 1.24 bits per heavy atom. The average molecular weight is 377 g/mol. The first-order valence-corrected chi connectivity index (χ1v) is 10.1. The SMILES string of the molecule is CSc1nc(Cl)c2c(n1)N1CCN(Cc3ccccc3)C[C@H]1CC2O. The molecular formula is C18H21ClN4OS. The predicted molar refractivity (Wildman–Crippen MR) is 101 cm³/mol. The largest absolute Gasteiger partial charge is 0.388 e. The number of hydrogen-bond acceptors (Lipinski definition) is 6. The van der Waals surface area contributed by atoms with Crippen molar-refractivity contribution >= 4 is 29.2 Å². The van der Waals surface area contributed by atoms with Crippen molar-refractivity contribution in [2.45, 2.75) is 30.3 Å². The molecule has 1 fully saturated rings. The number of thioether (sulfide) groups is 1. The highest BCUT2D eigenvalue weighted by atomic mass is 35.5. The van der Waals surface area contributed by atoms with Gasteiger partial charge < -0.3 is 10.0 Å². The van der Waals surface area contributed by atoms with Gasteiger partial charge in [0.05, 0.1) is 11.7 Å². The molecule has 3 heterocycles. The van der Waals surface area contributed by atoms with Crippen molar-refractivity contribution in [3.05, 3.63) is 46.6 Å². The second-order valence-electron chi connectivity index (χ2n) is 6.56. The van der Waals surface area contributed by atoms with Gasteiger partial charge in [0.15, 0.2) is 5.16 Å². The highest BCUT2D eigenvalue weighted by Gasteiger charge is 2.38. The third-order valence-electron chi connectivity index (χ3n) is 4.96. The average Bonchev–Trinajstić information content (AvgIpc) is 2.62. The van der Waals surface area contributed by atoms with Crippen LogP contribution in [0.25, 0.3) is 0 Å². The summed E-state index contributed by atoms with van der Waals surface area (Å²) >= 11 is 7.80. The summed E-state index contributed by atoms with van der Waals surface area (Å²) in [4.78, 5) is 13.7. The minimum absolute atomic E-state index is 0.251. The van der Waals surface area contributed by atoms with Gasteiger partial charge in [-0.2, -0.15) is 0 Å². The summed E-state index contributed by atoms with van der Waals surface area (Å²) in [7, 11) is 0. The molecule has 7 heteroatoms. The summed E-state index contributed by atoms with van der Waals surface area (Å²) in [6, 6.07) is 10.8. The van der Waals surface area contributed by atoms with E-state index in [2.05, 4.69) is 44.0 Å². The van der Waals surface area contributed by atoms with E-state index < -0.39 is 6.10 Å². The van der Waals surface area contributed by atoms with E-state index in [1.54, 1.807) is 0 Å². The predicted octanol–water partition coefficient (Wildman–Crippen LogP) is 2.98. The minimum Gasteiger partial charge on any atom is -0.388 e. The maximum Gasteiger partial charge on any atom is 0.190 e. The molecule has 0 spiro atoms. The highest BCUT2D eigenvalue weighted by molar-refractivity contribution is 7.98. The highest BCUT2D eigenvalue weighted by Crippen LogP contribution is 2.41. The van der Waals surface area contributed by atoms with E-state index in [1.807, 2.05) is 12.3 Å². The molecule has 4 rings (SSSR count). The molecule has 2 aliphatic heterocycles. The molecule has 5 nitrogen and oxygen atoms in total. The molecular weight excluding hydrogens is 356 g/mol. The lowest BCUT2D eigenvalue weighted by molar-refractivity contribution is 0.118. The van der Waals surface area contributed by atoms with Crippen LogP contribution in [0.15, 0.2) is 35.5 Å². The molecule has 1 N–H and O–H groups in total. The monoisotopic (exact) mass is 376 g/mol. The van der Waals surface area contributed by atoms with Gasteiger partial charge in [0, 0.05) is 32.2 Å². The van der Waals surface area contributed by atoms with Gasteiger partial charge in [-0.3, -0.25) is 4.90 Å². The molecule has 1 aromatic carbocycles. The zero-order valence-corrected chi connectivity index (χ0v) is 15.7. The standard InChI is InChI=1S/C18H21ClN4OS/c1-25-18-20-16(19)15-14(24)9-13-11-22(7-8-23(13)17(15)21-18)10-12-5-3-2-4-6-12/h2-6,13-14,24H,7-11H2,1H3/t13-,14?/m1/s1. The molecule has 0 radical (unpaired) electrons. The lowest BCUT2D eigenvalue weighted by atomic mass is 9.94. The van der Waals surface area contributed by atoms with Crippen molar-refractivity contribution in [1.29, 1.82) is 0 Å². The van der Waals surface area contributed by atoms with Gasteiger partial charge >= 0.3 is 0 Å². The Balaban J connectivity index is 1.57. The molecule has 132 valence electrons. The Morgan fingerprint density at radius 2 is 2.04 bits per heavy atom. The van der Waals surface area contributed by atoms with E-state index >= 15 is 0 Å². The molecule has 0 aliphatic carbocycles. The minimum atomic E-state index is -0.601. The van der Waals surface area contributed by atoms with Crippen LogP contribution in [0.4, 0.5) is 5.82 Å². The number of piperazine rings is 1. The van der Waals surface area contributed by atoms with Crippen LogP contribution in [0.5, 0.6) is 0 Å². The first-order chi connectivity index (χ1) is 12.2. The zero-order chi connectivity index (χ0) is 17.4. The maximum absolute atomic E-state index is 10.6. The number of aliphatic hydroxyl groups is 1. The molecule has 25 heavy (non-hydrogen) atoms. The lowest BCUT2D eigenvalue weighted by Crippen LogP contribution is -2.55. The van der Waals surface area contributed by atoms with E-state index in [1.165, 1.54) is 17.3 Å². The smallest absolute Gasteiger partial charge is 0.190 e. The van der Waals surface area contributed by atoms with Crippen LogP contribution in [-0.4, -0.2) is 51.9 Å². The number of hydrogen-bond donors (Lipinski definition) is 1. The van der Waals surface area contributed by atoms with E-state index in [0.717, 1.165) is 32.0 Å². The summed E-state index contributed by atoms with van der Waals surface area (Å²) in [5.41, 5.74) is 2.01. The second-order valence-corrected chi connectivity index (χ2v) is 7.69. The Kier molecular flexibility index (Phi) is 4.86. The van der Waals surface area contributed by atoms with Crippen LogP contribution in [0.3, 0.4) is 0 Å². The number of rotatable bonds is 3. The van der Waals surface area contributed by atoms with Crippen molar-refractivity contribution in [3.8, 4) is 0 Å². The van der Waals surface area contributed by atoms with Crippen LogP contribution < -0.4 is 4.90 Å². The molecule has 1 aromatic heterocycles. The van der Waals surface area contributed by atoms with Gasteiger partial charge in [-0.1, -0.05) is 53.7 Å². The van der Waals surface area contributed by atoms with E-state index in [0.29, 0.717) is 22.3 Å². The fourth-order valence-corrected chi connectivity index (χ4v) is 4.47. The summed E-state index contributed by atoms with van der Waals surface area (Å²) < 4.78 is 0. The lowest BCUT2D eigenvalue weighted by Gasteiger charge is -2.46. The first kappa shape index (κ1) is 17.1. The van der Waals surface area contributed by atoms with Crippen LogP contribution in [0, 0.1) is 0 Å². The molecule has 0 saturated carbocycles. The van der Waals surface area contributed by atoms with E-state index in [-0.39, 0.29) is 6.04 Å². The summed E-state index contributed by atoms with van der Waals surface area (Å²) in [6.07, 6.45) is 2.00. The molecule has 2 aromatic rings. The normalized spacial score (nSPS) is 23.2. The number of anilines is 1. The molecule has 0 bridgehead atoms. The van der Waals surface area contributed by atoms with Gasteiger partial charge in [0.1, 0.15) is 11.0 Å². The third kappa shape index (κ3) is 3.36. The Bertz CT molecular complexity index is 760. The first-order valence-electron chi connectivity index (χ1n) is 8.48. The number of benzene rings is 1. The number of nitrogens with zero attached hydrogens (tertiary/aromatic N) is 4. The molecule has 1 saturated heterocycles. The van der Waals surface area contributed by atoms with Crippen molar-refractivity contribution < 1.29 is 5.11 Å². The van der Waals surface area contributed by atoms with Crippen LogP contribution in [0.2, 0.25) is 5.15 Å². The number of halogens is 1. The van der Waals surface area contributed by atoms with Crippen molar-refractivity contribution in [2.75, 3.05) is 30.8 Å². The quantitative estimate of drug-likeness (QED) is 0.505. The molecule has 2 aliphatic rings. The van der Waals surface area contributed by atoms with Gasteiger partial charge in [0.2, 0.25) is 0 Å². The summed E-state index contributed by atoms with van der Waals surface area (Å²) in [5.74, 6) is 0.812. The molecule has 0 amide bonds. The van der Waals surface area contributed by atoms with Crippen LogP contribution in [0.1, 0.15) is 23.7 Å². The van der Waals surface area contributed by atoms with Crippen molar-refractivity contribution in [3.63, 3.8) is 0 Å². The Morgan fingerprint density at radius 3 is 2.80 bits per heavy atom. The topological polar surface area (TPSA) is 52.5 Å². The Labute approximate surface area is 157 Å².